The van der Waals surface area contributed by atoms with Gasteiger partial charge in [-0.05, 0) is 24.6 Å². The number of hydrogen-bond donors (Lipinski definition) is 1. The van der Waals surface area contributed by atoms with Crippen LogP contribution in [0.3, 0.4) is 0 Å². The molecule has 118 valence electrons. The molecule has 0 aliphatic heterocycles. The van der Waals surface area contributed by atoms with Gasteiger partial charge in [-0.25, -0.2) is 9.37 Å². The first-order valence-electron chi connectivity index (χ1n) is 6.97. The number of nitrogens with zero attached hydrogens (tertiary/aromatic N) is 3. The van der Waals surface area contributed by atoms with Gasteiger partial charge < -0.3 is 9.88 Å². The Morgan fingerprint density at radius 1 is 1.13 bits per heavy atom. The second-order valence-corrected chi connectivity index (χ2v) is 5.42. The van der Waals surface area contributed by atoms with Crippen LogP contribution in [-0.4, -0.2) is 14.1 Å². The summed E-state index contributed by atoms with van der Waals surface area (Å²) < 4.78 is 16.6. The lowest BCUT2D eigenvalue weighted by Crippen LogP contribution is -2.25. The van der Waals surface area contributed by atoms with Gasteiger partial charge in [-0.1, -0.05) is 6.07 Å². The van der Waals surface area contributed by atoms with Crippen LogP contribution in [0.15, 0.2) is 40.2 Å². The predicted octanol–water partition coefficient (Wildman–Crippen LogP) is 1.82. The number of rotatable bonds is 2. The second kappa shape index (κ2) is 5.35. The van der Waals surface area contributed by atoms with Crippen molar-refractivity contribution in [3.05, 3.63) is 62.7 Å². The Morgan fingerprint density at radius 3 is 2.57 bits per heavy atom. The molecule has 2 aromatic heterocycles. The van der Waals surface area contributed by atoms with Crippen LogP contribution in [0.2, 0.25) is 0 Å². The lowest BCUT2D eigenvalue weighted by Gasteiger charge is -2.12. The number of hydrogen-bond acceptors (Lipinski definition) is 4. The smallest absolute Gasteiger partial charge is 0.264 e. The molecule has 23 heavy (non-hydrogen) atoms. The molecular formula is C16H15FN4O2. The van der Waals surface area contributed by atoms with Crippen molar-refractivity contribution in [2.75, 3.05) is 5.32 Å². The lowest BCUT2D eigenvalue weighted by atomic mass is 10.2. The molecule has 2 heterocycles. The van der Waals surface area contributed by atoms with Crippen LogP contribution in [-0.2, 0) is 14.1 Å². The van der Waals surface area contributed by atoms with E-state index in [0.717, 1.165) is 5.56 Å². The highest BCUT2D eigenvalue weighted by molar-refractivity contribution is 5.90. The number of pyridine rings is 1. The first kappa shape index (κ1) is 15.0. The summed E-state index contributed by atoms with van der Waals surface area (Å²) in [6, 6.07) is 5.95. The van der Waals surface area contributed by atoms with Gasteiger partial charge in [0.15, 0.2) is 5.65 Å². The van der Waals surface area contributed by atoms with Crippen molar-refractivity contribution in [1.82, 2.24) is 14.1 Å². The van der Waals surface area contributed by atoms with Gasteiger partial charge in [0.1, 0.15) is 11.2 Å². The van der Waals surface area contributed by atoms with Crippen molar-refractivity contribution >= 4 is 22.4 Å². The Kier molecular flexibility index (Phi) is 3.48. The van der Waals surface area contributed by atoms with Crippen LogP contribution in [0.1, 0.15) is 5.56 Å². The molecule has 7 heteroatoms. The summed E-state index contributed by atoms with van der Waals surface area (Å²) in [6.45, 7) is 1.78. The highest BCUT2D eigenvalue weighted by Gasteiger charge is 2.14. The SMILES string of the molecule is Cc1ccc(Nc2cc(=O)n(C)c3ncn(C)c(=O)c23)c(F)c1. The average Bonchev–Trinajstić information content (AvgIpc) is 2.50. The molecule has 0 bridgehead atoms. The standard InChI is InChI=1S/C16H15FN4O2/c1-9-4-5-11(10(17)6-9)19-12-7-13(22)21(3)15-14(12)16(23)20(2)8-18-15/h4-8,19H,1-3H3. The molecule has 0 spiro atoms. The Morgan fingerprint density at radius 2 is 1.87 bits per heavy atom. The van der Waals surface area contributed by atoms with Gasteiger partial charge in [0.25, 0.3) is 11.1 Å². The van der Waals surface area contributed by atoms with Crippen molar-refractivity contribution in [2.24, 2.45) is 14.1 Å². The zero-order valence-electron chi connectivity index (χ0n) is 12.9. The minimum Gasteiger partial charge on any atom is -0.352 e. The highest BCUT2D eigenvalue weighted by atomic mass is 19.1. The fourth-order valence-corrected chi connectivity index (χ4v) is 2.38. The molecule has 0 saturated carbocycles. The van der Waals surface area contributed by atoms with Crippen molar-refractivity contribution < 1.29 is 4.39 Å². The molecular weight excluding hydrogens is 299 g/mol. The Hall–Kier alpha value is -2.96. The Labute approximate surface area is 130 Å². The monoisotopic (exact) mass is 314 g/mol. The van der Waals surface area contributed by atoms with Gasteiger partial charge in [-0.15, -0.1) is 0 Å². The molecule has 0 fully saturated rings. The maximum Gasteiger partial charge on any atom is 0.264 e. The summed E-state index contributed by atoms with van der Waals surface area (Å²) >= 11 is 0. The first-order valence-corrected chi connectivity index (χ1v) is 6.97. The number of benzene rings is 1. The maximum atomic E-state index is 14.1. The summed E-state index contributed by atoms with van der Waals surface area (Å²) in [7, 11) is 3.10. The van der Waals surface area contributed by atoms with E-state index < -0.39 is 5.82 Å². The van der Waals surface area contributed by atoms with E-state index >= 15 is 0 Å². The number of fused-ring (bicyclic) bond motifs is 1. The molecule has 0 saturated heterocycles. The van der Waals surface area contributed by atoms with E-state index in [9.17, 15) is 14.0 Å². The van der Waals surface area contributed by atoms with Gasteiger partial charge in [0, 0.05) is 20.2 Å². The number of anilines is 2. The molecule has 1 aromatic carbocycles. The Balaban J connectivity index is 2.29. The minimum atomic E-state index is -0.459. The van der Waals surface area contributed by atoms with Gasteiger partial charge in [0.05, 0.1) is 17.7 Å². The summed E-state index contributed by atoms with van der Waals surface area (Å²) in [5.41, 5.74) is 0.791. The fourth-order valence-electron chi connectivity index (χ4n) is 2.38. The van der Waals surface area contributed by atoms with E-state index in [1.54, 1.807) is 26.1 Å². The zero-order valence-corrected chi connectivity index (χ0v) is 12.9. The second-order valence-electron chi connectivity index (χ2n) is 5.42. The van der Waals surface area contributed by atoms with Crippen LogP contribution in [0.4, 0.5) is 15.8 Å². The third kappa shape index (κ3) is 2.50. The minimum absolute atomic E-state index is 0.191. The van der Waals surface area contributed by atoms with E-state index in [1.807, 2.05) is 0 Å². The average molecular weight is 314 g/mol. The molecule has 1 N–H and O–H groups in total. The topological polar surface area (TPSA) is 68.9 Å². The van der Waals surface area contributed by atoms with E-state index in [4.69, 9.17) is 0 Å². The molecule has 6 nitrogen and oxygen atoms in total. The van der Waals surface area contributed by atoms with Crippen molar-refractivity contribution in [3.63, 3.8) is 0 Å². The number of aromatic nitrogens is 3. The molecule has 0 aliphatic carbocycles. The van der Waals surface area contributed by atoms with Crippen LogP contribution < -0.4 is 16.4 Å². The molecule has 0 atom stereocenters. The van der Waals surface area contributed by atoms with Crippen LogP contribution in [0.5, 0.6) is 0 Å². The van der Waals surface area contributed by atoms with Gasteiger partial charge in [-0.2, -0.15) is 0 Å². The van der Waals surface area contributed by atoms with Crippen molar-refractivity contribution in [2.45, 2.75) is 6.92 Å². The fraction of sp³-hybridized carbons (Fsp3) is 0.188. The summed E-state index contributed by atoms with van der Waals surface area (Å²) in [4.78, 5) is 28.6. The molecule has 0 radical (unpaired) electrons. The lowest BCUT2D eigenvalue weighted by molar-refractivity contribution is 0.631. The van der Waals surface area contributed by atoms with E-state index in [1.165, 1.54) is 34.6 Å². The molecule has 0 aliphatic rings. The van der Waals surface area contributed by atoms with Crippen molar-refractivity contribution in [1.29, 1.82) is 0 Å². The van der Waals surface area contributed by atoms with Crippen LogP contribution >= 0.6 is 0 Å². The Bertz CT molecular complexity index is 1040. The molecule has 0 amide bonds. The van der Waals surface area contributed by atoms with Gasteiger partial charge in [0.2, 0.25) is 0 Å². The molecule has 0 unspecified atom stereocenters. The van der Waals surface area contributed by atoms with E-state index in [-0.39, 0.29) is 33.5 Å². The summed E-state index contributed by atoms with van der Waals surface area (Å²) in [5, 5.41) is 3.07. The van der Waals surface area contributed by atoms with E-state index in [2.05, 4.69) is 10.3 Å². The largest absolute Gasteiger partial charge is 0.352 e. The summed E-state index contributed by atoms with van der Waals surface area (Å²) in [6.07, 6.45) is 1.35. The van der Waals surface area contributed by atoms with Gasteiger partial charge in [-0.3, -0.25) is 14.2 Å². The van der Waals surface area contributed by atoms with Gasteiger partial charge >= 0.3 is 0 Å². The predicted molar refractivity (Wildman–Crippen MR) is 86.6 cm³/mol. The number of nitrogens with one attached hydrogen (secondary N) is 1. The summed E-state index contributed by atoms with van der Waals surface area (Å²) in [5.74, 6) is -0.459. The zero-order chi connectivity index (χ0) is 16.7. The normalized spacial score (nSPS) is 11.0. The third-order valence-electron chi connectivity index (χ3n) is 3.69. The van der Waals surface area contributed by atoms with E-state index in [0.29, 0.717) is 0 Å². The maximum absolute atomic E-state index is 14.1. The van der Waals surface area contributed by atoms with Crippen LogP contribution in [0, 0.1) is 12.7 Å². The highest BCUT2D eigenvalue weighted by Crippen LogP contribution is 2.23. The number of halogens is 1. The molecule has 3 aromatic rings. The first-order chi connectivity index (χ1) is 10.9. The van der Waals surface area contributed by atoms with Crippen LogP contribution in [0.25, 0.3) is 11.0 Å². The number of aryl methyl sites for hydroxylation is 3. The third-order valence-corrected chi connectivity index (χ3v) is 3.69. The quantitative estimate of drug-likeness (QED) is 0.783. The molecule has 3 rings (SSSR count). The van der Waals surface area contributed by atoms with Crippen molar-refractivity contribution in [3.8, 4) is 0 Å².